The highest BCUT2D eigenvalue weighted by Gasteiger charge is 2.30. The van der Waals surface area contributed by atoms with Crippen molar-refractivity contribution in [2.45, 2.75) is 25.8 Å². The summed E-state index contributed by atoms with van der Waals surface area (Å²) in [5.74, 6) is 0.110. The lowest BCUT2D eigenvalue weighted by molar-refractivity contribution is 0.0735. The molecule has 1 fully saturated rings. The van der Waals surface area contributed by atoms with Crippen LogP contribution in [0.15, 0.2) is 47.2 Å². The maximum Gasteiger partial charge on any atom is 0.254 e. The molecule has 1 aromatic heterocycles. The van der Waals surface area contributed by atoms with Crippen molar-refractivity contribution in [2.75, 3.05) is 6.54 Å². The van der Waals surface area contributed by atoms with E-state index in [4.69, 9.17) is 0 Å². The van der Waals surface area contributed by atoms with Crippen LogP contribution < -0.4 is 0 Å². The Balaban J connectivity index is 1.90. The summed E-state index contributed by atoms with van der Waals surface area (Å²) in [6.07, 6.45) is 5.65. The lowest BCUT2D eigenvalue weighted by atomic mass is 10.0. The van der Waals surface area contributed by atoms with E-state index in [1.165, 1.54) is 5.56 Å². The largest absolute Gasteiger partial charge is 0.332 e. The Hall–Kier alpha value is -1.68. The van der Waals surface area contributed by atoms with Crippen LogP contribution in [0.25, 0.3) is 0 Å². The molecule has 0 spiro atoms. The lowest BCUT2D eigenvalue weighted by Crippen LogP contribution is -2.30. The molecule has 4 heteroatoms. The standard InChI is InChI=1S/C17H17BrN2O/c1-12-9-14(11-15(18)10-12)17(21)20-8-2-3-16(20)13-4-6-19-7-5-13/h4-7,9-11,16H,2-3,8H2,1H3. The second-order valence-electron chi connectivity index (χ2n) is 5.45. The Kier molecular flexibility index (Phi) is 4.06. The highest BCUT2D eigenvalue weighted by Crippen LogP contribution is 2.33. The molecule has 1 aliphatic heterocycles. The molecule has 0 N–H and O–H groups in total. The minimum Gasteiger partial charge on any atom is -0.332 e. The molecular weight excluding hydrogens is 328 g/mol. The van der Waals surface area contributed by atoms with Crippen LogP contribution >= 0.6 is 15.9 Å². The quantitative estimate of drug-likeness (QED) is 0.820. The van der Waals surface area contributed by atoms with Crippen molar-refractivity contribution in [1.29, 1.82) is 0 Å². The molecule has 3 nitrogen and oxygen atoms in total. The first-order valence-corrected chi connectivity index (χ1v) is 7.92. The summed E-state index contributed by atoms with van der Waals surface area (Å²) in [5.41, 5.74) is 3.01. The molecule has 1 aliphatic rings. The predicted octanol–water partition coefficient (Wildman–Crippen LogP) is 4.13. The Morgan fingerprint density at radius 3 is 2.76 bits per heavy atom. The number of carbonyl (C=O) groups is 1. The topological polar surface area (TPSA) is 33.2 Å². The van der Waals surface area contributed by atoms with Crippen LogP contribution in [0.1, 0.15) is 40.4 Å². The zero-order valence-corrected chi connectivity index (χ0v) is 13.5. The lowest BCUT2D eigenvalue weighted by Gasteiger charge is -2.25. The Morgan fingerprint density at radius 2 is 2.05 bits per heavy atom. The van der Waals surface area contributed by atoms with Gasteiger partial charge in [0.1, 0.15) is 0 Å². The summed E-state index contributed by atoms with van der Waals surface area (Å²) in [6.45, 7) is 2.82. The maximum absolute atomic E-state index is 12.8. The van der Waals surface area contributed by atoms with Gasteiger partial charge in [-0.3, -0.25) is 9.78 Å². The third-order valence-electron chi connectivity index (χ3n) is 3.89. The van der Waals surface area contributed by atoms with Gasteiger partial charge in [-0.1, -0.05) is 15.9 Å². The first-order chi connectivity index (χ1) is 10.1. The molecule has 0 bridgehead atoms. The minimum absolute atomic E-state index is 0.110. The van der Waals surface area contributed by atoms with Crippen molar-refractivity contribution < 1.29 is 4.79 Å². The second kappa shape index (κ2) is 5.98. The van der Waals surface area contributed by atoms with Gasteiger partial charge in [0, 0.05) is 29.0 Å². The third kappa shape index (κ3) is 3.00. The average molecular weight is 345 g/mol. The number of hydrogen-bond acceptors (Lipinski definition) is 2. The zero-order chi connectivity index (χ0) is 14.8. The van der Waals surface area contributed by atoms with Gasteiger partial charge in [-0.25, -0.2) is 0 Å². The molecule has 0 saturated carbocycles. The van der Waals surface area contributed by atoms with Crippen molar-refractivity contribution in [3.63, 3.8) is 0 Å². The van der Waals surface area contributed by atoms with Crippen molar-refractivity contribution in [3.05, 3.63) is 63.9 Å². The minimum atomic E-state index is 0.110. The van der Waals surface area contributed by atoms with E-state index in [0.29, 0.717) is 0 Å². The molecule has 3 rings (SSSR count). The predicted molar refractivity (Wildman–Crippen MR) is 86.1 cm³/mol. The summed E-state index contributed by atoms with van der Waals surface area (Å²) >= 11 is 3.47. The van der Waals surface area contributed by atoms with Crippen LogP contribution in [0.4, 0.5) is 0 Å². The number of benzene rings is 1. The van der Waals surface area contributed by atoms with E-state index in [2.05, 4.69) is 20.9 Å². The fourth-order valence-electron chi connectivity index (χ4n) is 2.97. The smallest absolute Gasteiger partial charge is 0.254 e. The van der Waals surface area contributed by atoms with Gasteiger partial charge in [0.05, 0.1) is 6.04 Å². The molecule has 0 radical (unpaired) electrons. The highest BCUT2D eigenvalue weighted by molar-refractivity contribution is 9.10. The van der Waals surface area contributed by atoms with Gasteiger partial charge in [-0.2, -0.15) is 0 Å². The van der Waals surface area contributed by atoms with E-state index in [1.54, 1.807) is 12.4 Å². The van der Waals surface area contributed by atoms with Crippen molar-refractivity contribution in [1.82, 2.24) is 9.88 Å². The van der Waals surface area contributed by atoms with E-state index in [0.717, 1.165) is 35.0 Å². The number of likely N-dealkylation sites (tertiary alicyclic amines) is 1. The average Bonchev–Trinajstić information content (AvgIpc) is 2.95. The molecule has 1 saturated heterocycles. The van der Waals surface area contributed by atoms with Gasteiger partial charge < -0.3 is 4.90 Å². The second-order valence-corrected chi connectivity index (χ2v) is 6.37. The van der Waals surface area contributed by atoms with Gasteiger partial charge in [-0.05, 0) is 61.2 Å². The normalized spacial score (nSPS) is 18.0. The summed E-state index contributed by atoms with van der Waals surface area (Å²) < 4.78 is 0.950. The summed E-state index contributed by atoms with van der Waals surface area (Å²) in [6, 6.07) is 10.0. The molecule has 1 aromatic carbocycles. The number of aryl methyl sites for hydroxylation is 1. The third-order valence-corrected chi connectivity index (χ3v) is 4.35. The number of carbonyl (C=O) groups excluding carboxylic acids is 1. The summed E-state index contributed by atoms with van der Waals surface area (Å²) in [5, 5.41) is 0. The van der Waals surface area contributed by atoms with Crippen LogP contribution in [0.5, 0.6) is 0 Å². The van der Waals surface area contributed by atoms with Crippen LogP contribution in [-0.2, 0) is 0 Å². The van der Waals surface area contributed by atoms with Crippen LogP contribution in [0, 0.1) is 6.92 Å². The van der Waals surface area contributed by atoms with Crippen LogP contribution in [-0.4, -0.2) is 22.3 Å². The van der Waals surface area contributed by atoms with Gasteiger partial charge in [0.25, 0.3) is 5.91 Å². The monoisotopic (exact) mass is 344 g/mol. The number of pyridine rings is 1. The molecule has 0 aliphatic carbocycles. The fourth-order valence-corrected chi connectivity index (χ4v) is 3.58. The number of rotatable bonds is 2. The number of nitrogens with zero attached hydrogens (tertiary/aromatic N) is 2. The Morgan fingerprint density at radius 1 is 1.29 bits per heavy atom. The van der Waals surface area contributed by atoms with Crippen molar-refractivity contribution in [3.8, 4) is 0 Å². The summed E-state index contributed by atoms with van der Waals surface area (Å²) in [4.78, 5) is 18.9. The molecule has 2 heterocycles. The van der Waals surface area contributed by atoms with E-state index in [9.17, 15) is 4.79 Å². The van der Waals surface area contributed by atoms with E-state index >= 15 is 0 Å². The molecule has 1 amide bonds. The van der Waals surface area contributed by atoms with Gasteiger partial charge >= 0.3 is 0 Å². The molecular formula is C17H17BrN2O. The number of amides is 1. The first-order valence-electron chi connectivity index (χ1n) is 7.13. The van der Waals surface area contributed by atoms with E-state index in [1.807, 2.05) is 42.2 Å². The van der Waals surface area contributed by atoms with Crippen LogP contribution in [0.3, 0.4) is 0 Å². The van der Waals surface area contributed by atoms with Crippen molar-refractivity contribution >= 4 is 21.8 Å². The SMILES string of the molecule is Cc1cc(Br)cc(C(=O)N2CCCC2c2ccncc2)c1. The van der Waals surface area contributed by atoms with Crippen LogP contribution in [0.2, 0.25) is 0 Å². The Labute approximate surface area is 133 Å². The zero-order valence-electron chi connectivity index (χ0n) is 11.9. The van der Waals surface area contributed by atoms with E-state index < -0.39 is 0 Å². The molecule has 1 unspecified atom stereocenters. The number of aromatic nitrogens is 1. The number of halogens is 1. The van der Waals surface area contributed by atoms with Gasteiger partial charge in [0.2, 0.25) is 0 Å². The first kappa shape index (κ1) is 14.3. The molecule has 108 valence electrons. The van der Waals surface area contributed by atoms with Gasteiger partial charge in [-0.15, -0.1) is 0 Å². The molecule has 2 aromatic rings. The maximum atomic E-state index is 12.8. The van der Waals surface area contributed by atoms with Crippen molar-refractivity contribution in [2.24, 2.45) is 0 Å². The van der Waals surface area contributed by atoms with E-state index in [-0.39, 0.29) is 11.9 Å². The highest BCUT2D eigenvalue weighted by atomic mass is 79.9. The summed E-state index contributed by atoms with van der Waals surface area (Å²) in [7, 11) is 0. The molecule has 21 heavy (non-hydrogen) atoms. The Bertz CT molecular complexity index is 637. The van der Waals surface area contributed by atoms with Gasteiger partial charge in [0.15, 0.2) is 0 Å². The molecule has 1 atom stereocenters. The fraction of sp³-hybridized carbons (Fsp3) is 0.294. The number of hydrogen-bond donors (Lipinski definition) is 0.